The third-order valence-electron chi connectivity index (χ3n) is 3.25. The predicted octanol–water partition coefficient (Wildman–Crippen LogP) is 0.974. The fourth-order valence-electron chi connectivity index (χ4n) is 2.23. The Balaban J connectivity index is 2.45. The Bertz CT molecular complexity index is 638. The third kappa shape index (κ3) is 3.08. The third-order valence-corrected chi connectivity index (χ3v) is 5.90. The van der Waals surface area contributed by atoms with Crippen LogP contribution in [0.2, 0.25) is 0 Å². The summed E-state index contributed by atoms with van der Waals surface area (Å²) in [5, 5.41) is 17.8. The Morgan fingerprint density at radius 3 is 2.90 bits per heavy atom. The number of aliphatic hydroxyl groups excluding tert-OH is 1. The van der Waals surface area contributed by atoms with Gasteiger partial charge in [0.15, 0.2) is 9.84 Å². The number of nitriles is 1. The number of hydrogen-bond acceptors (Lipinski definition) is 6. The van der Waals surface area contributed by atoms with Crippen molar-refractivity contribution in [1.82, 2.24) is 0 Å². The molecule has 0 amide bonds. The fourth-order valence-corrected chi connectivity index (χ4v) is 5.07. The quantitative estimate of drug-likeness (QED) is 0.896. The van der Waals surface area contributed by atoms with Crippen molar-refractivity contribution in [2.24, 2.45) is 0 Å². The molecule has 1 unspecified atom stereocenters. The minimum atomic E-state index is -3.22. The van der Waals surface area contributed by atoms with E-state index in [4.69, 9.17) is 5.11 Å². The van der Waals surface area contributed by atoms with Gasteiger partial charge in [-0.25, -0.2) is 8.42 Å². The van der Waals surface area contributed by atoms with E-state index in [-0.39, 0.29) is 6.61 Å². The van der Waals surface area contributed by atoms with Crippen LogP contribution in [-0.2, 0) is 16.4 Å². The standard InChI is InChI=1S/C13H16N2O3S2/c1-20(17,18)13-9-19-5-4-15(13)12-3-2-10(8-16)6-11(12)7-14/h2-3,6,13,16H,4-5,8-9H2,1H3. The van der Waals surface area contributed by atoms with Crippen molar-refractivity contribution in [3.8, 4) is 6.07 Å². The molecule has 1 aliphatic rings. The number of thioether (sulfide) groups is 1. The Hall–Kier alpha value is -1.23. The number of nitrogens with zero attached hydrogens (tertiary/aromatic N) is 2. The van der Waals surface area contributed by atoms with Crippen LogP contribution in [0.3, 0.4) is 0 Å². The molecule has 1 aromatic carbocycles. The topological polar surface area (TPSA) is 81.4 Å². The lowest BCUT2D eigenvalue weighted by Crippen LogP contribution is -2.47. The first-order valence-electron chi connectivity index (χ1n) is 6.14. The molecule has 1 aromatic rings. The number of hydrogen-bond donors (Lipinski definition) is 1. The highest BCUT2D eigenvalue weighted by Crippen LogP contribution is 2.29. The highest BCUT2D eigenvalue weighted by atomic mass is 32.2. The van der Waals surface area contributed by atoms with Gasteiger partial charge >= 0.3 is 0 Å². The lowest BCUT2D eigenvalue weighted by Gasteiger charge is -2.36. The largest absolute Gasteiger partial charge is 0.392 e. The van der Waals surface area contributed by atoms with Gasteiger partial charge in [-0.3, -0.25) is 0 Å². The van der Waals surface area contributed by atoms with Crippen LogP contribution in [0.4, 0.5) is 5.69 Å². The van der Waals surface area contributed by atoms with Crippen molar-refractivity contribution >= 4 is 27.3 Å². The maximum Gasteiger partial charge on any atom is 0.169 e. The molecule has 1 atom stereocenters. The first-order valence-corrected chi connectivity index (χ1v) is 9.25. The summed E-state index contributed by atoms with van der Waals surface area (Å²) in [7, 11) is -3.22. The molecule has 2 rings (SSSR count). The predicted molar refractivity (Wildman–Crippen MR) is 80.4 cm³/mol. The zero-order valence-corrected chi connectivity index (χ0v) is 12.7. The molecule has 5 nitrogen and oxygen atoms in total. The van der Waals surface area contributed by atoms with Crippen molar-refractivity contribution in [3.05, 3.63) is 29.3 Å². The van der Waals surface area contributed by atoms with Gasteiger partial charge in [-0.2, -0.15) is 17.0 Å². The van der Waals surface area contributed by atoms with Crippen LogP contribution in [-0.4, -0.2) is 43.2 Å². The maximum absolute atomic E-state index is 11.9. The van der Waals surface area contributed by atoms with Crippen LogP contribution in [0, 0.1) is 11.3 Å². The second kappa shape index (κ2) is 6.04. The Labute approximate surface area is 123 Å². The second-order valence-corrected chi connectivity index (χ2v) is 8.03. The second-order valence-electron chi connectivity index (χ2n) is 4.67. The molecular weight excluding hydrogens is 296 g/mol. The van der Waals surface area contributed by atoms with Crippen LogP contribution in [0.5, 0.6) is 0 Å². The lowest BCUT2D eigenvalue weighted by molar-refractivity contribution is 0.282. The molecule has 108 valence electrons. The SMILES string of the molecule is CS(=O)(=O)C1CSCCN1c1ccc(CO)cc1C#N. The van der Waals surface area contributed by atoms with E-state index in [2.05, 4.69) is 6.07 Å². The van der Waals surface area contributed by atoms with E-state index in [0.717, 1.165) is 5.75 Å². The highest BCUT2D eigenvalue weighted by molar-refractivity contribution is 8.01. The average molecular weight is 312 g/mol. The molecule has 1 aliphatic heterocycles. The summed E-state index contributed by atoms with van der Waals surface area (Å²) >= 11 is 1.61. The van der Waals surface area contributed by atoms with Gasteiger partial charge in [0.1, 0.15) is 11.4 Å². The van der Waals surface area contributed by atoms with Crippen molar-refractivity contribution in [3.63, 3.8) is 0 Å². The van der Waals surface area contributed by atoms with Gasteiger partial charge in [0.05, 0.1) is 17.9 Å². The van der Waals surface area contributed by atoms with Gasteiger partial charge in [0.2, 0.25) is 0 Å². The monoisotopic (exact) mass is 312 g/mol. The summed E-state index contributed by atoms with van der Waals surface area (Å²) in [6, 6.07) is 7.13. The Morgan fingerprint density at radius 1 is 1.55 bits per heavy atom. The first-order chi connectivity index (χ1) is 9.47. The first kappa shape index (κ1) is 15.2. The van der Waals surface area contributed by atoms with Crippen LogP contribution >= 0.6 is 11.8 Å². The van der Waals surface area contributed by atoms with Gasteiger partial charge in [0.25, 0.3) is 0 Å². The van der Waals surface area contributed by atoms with Gasteiger partial charge < -0.3 is 10.0 Å². The molecule has 0 spiro atoms. The van der Waals surface area contributed by atoms with E-state index < -0.39 is 15.2 Å². The van der Waals surface area contributed by atoms with E-state index in [1.54, 1.807) is 34.9 Å². The molecule has 0 aromatic heterocycles. The number of benzene rings is 1. The smallest absolute Gasteiger partial charge is 0.169 e. The minimum Gasteiger partial charge on any atom is -0.392 e. The van der Waals surface area contributed by atoms with Crippen LogP contribution in [0.25, 0.3) is 0 Å². The summed E-state index contributed by atoms with van der Waals surface area (Å²) in [5.41, 5.74) is 1.67. The molecule has 1 heterocycles. The van der Waals surface area contributed by atoms with Crippen molar-refractivity contribution in [2.45, 2.75) is 12.0 Å². The van der Waals surface area contributed by atoms with Gasteiger partial charge in [-0.05, 0) is 17.7 Å². The number of sulfone groups is 1. The Morgan fingerprint density at radius 2 is 2.30 bits per heavy atom. The summed E-state index contributed by atoms with van der Waals surface area (Å²) in [6.45, 7) is 0.454. The summed E-state index contributed by atoms with van der Waals surface area (Å²) in [5.74, 6) is 1.34. The summed E-state index contributed by atoms with van der Waals surface area (Å²) < 4.78 is 23.8. The maximum atomic E-state index is 11.9. The van der Waals surface area contributed by atoms with E-state index in [0.29, 0.717) is 29.1 Å². The molecule has 1 fully saturated rings. The van der Waals surface area contributed by atoms with Crippen molar-refractivity contribution < 1.29 is 13.5 Å². The molecule has 0 aliphatic carbocycles. The van der Waals surface area contributed by atoms with Crippen LogP contribution in [0.15, 0.2) is 18.2 Å². The van der Waals surface area contributed by atoms with Crippen LogP contribution in [0.1, 0.15) is 11.1 Å². The highest BCUT2D eigenvalue weighted by Gasteiger charge is 2.32. The number of anilines is 1. The molecule has 1 saturated heterocycles. The van der Waals surface area contributed by atoms with E-state index >= 15 is 0 Å². The average Bonchev–Trinajstić information content (AvgIpc) is 2.45. The van der Waals surface area contributed by atoms with E-state index in [1.165, 1.54) is 6.26 Å². The number of rotatable bonds is 3. The zero-order chi connectivity index (χ0) is 14.8. The lowest BCUT2D eigenvalue weighted by atomic mass is 10.1. The van der Waals surface area contributed by atoms with Gasteiger partial charge in [-0.15, -0.1) is 0 Å². The van der Waals surface area contributed by atoms with E-state index in [9.17, 15) is 13.7 Å². The molecule has 0 saturated carbocycles. The van der Waals surface area contributed by atoms with E-state index in [1.807, 2.05) is 0 Å². The normalized spacial score (nSPS) is 19.6. The molecule has 20 heavy (non-hydrogen) atoms. The fraction of sp³-hybridized carbons (Fsp3) is 0.462. The molecule has 1 N–H and O–H groups in total. The van der Waals surface area contributed by atoms with Crippen LogP contribution < -0.4 is 4.90 Å². The molecule has 0 bridgehead atoms. The summed E-state index contributed by atoms with van der Waals surface area (Å²) in [4.78, 5) is 1.78. The van der Waals surface area contributed by atoms with Crippen molar-refractivity contribution in [1.29, 1.82) is 5.26 Å². The van der Waals surface area contributed by atoms with Gasteiger partial charge in [-0.1, -0.05) is 6.07 Å². The zero-order valence-electron chi connectivity index (χ0n) is 11.1. The molecule has 7 heteroatoms. The van der Waals surface area contributed by atoms with Crippen molar-refractivity contribution in [2.75, 3.05) is 29.2 Å². The molecule has 0 radical (unpaired) electrons. The number of aliphatic hydroxyl groups is 1. The summed E-state index contributed by atoms with van der Waals surface area (Å²) in [6.07, 6.45) is 1.23. The minimum absolute atomic E-state index is 0.139. The Kier molecular flexibility index (Phi) is 4.58. The molecular formula is C13H16N2O3S2. The van der Waals surface area contributed by atoms with Gasteiger partial charge in [0, 0.05) is 24.3 Å².